The molecule has 0 aromatic heterocycles. The molecule has 1 fully saturated rings. The summed E-state index contributed by atoms with van der Waals surface area (Å²) in [5, 5.41) is 0. The molecule has 0 atom stereocenters. The van der Waals surface area contributed by atoms with Gasteiger partial charge in [0, 0.05) is 0 Å². The molecular weight excluding hydrogens is 311 g/mol. The van der Waals surface area contributed by atoms with Gasteiger partial charge in [-0.1, -0.05) is 41.8 Å². The molecule has 0 bridgehead atoms. The molecule has 1 aromatic rings. The van der Waals surface area contributed by atoms with Crippen LogP contribution in [0.4, 0.5) is 0 Å². The van der Waals surface area contributed by atoms with E-state index >= 15 is 0 Å². The van der Waals surface area contributed by atoms with Crippen LogP contribution in [0.15, 0.2) is 53.5 Å². The monoisotopic (exact) mass is 321 g/mol. The first kappa shape index (κ1) is 15.7. The quantitative estimate of drug-likeness (QED) is 0.354. The van der Waals surface area contributed by atoms with E-state index in [1.54, 1.807) is 26.3 Å². The van der Waals surface area contributed by atoms with E-state index in [0.717, 1.165) is 0 Å². The van der Waals surface area contributed by atoms with E-state index in [-0.39, 0.29) is 22.3 Å². The summed E-state index contributed by atoms with van der Waals surface area (Å²) in [6, 6.07) is 4.67. The van der Waals surface area contributed by atoms with Crippen LogP contribution in [0.1, 0.15) is 27.6 Å². The molecule has 0 unspecified atom stereocenters. The maximum Gasteiger partial charge on any atom is 0.346 e. The SMILES string of the molecule is C=C1C(=O)OC(=O)/C1=C/C([B]c1ccc2c(c1)C(=O)OC2=O)=C\C. The zero-order valence-electron chi connectivity index (χ0n) is 12.6. The highest BCUT2D eigenvalue weighted by atomic mass is 16.6. The molecule has 2 aliphatic rings. The van der Waals surface area contributed by atoms with E-state index in [1.807, 2.05) is 0 Å². The fourth-order valence-electron chi connectivity index (χ4n) is 2.34. The third-order valence-corrected chi connectivity index (χ3v) is 3.62. The molecule has 1 aromatic carbocycles. The number of carbonyl (C=O) groups is 4. The Morgan fingerprint density at radius 2 is 1.67 bits per heavy atom. The third kappa shape index (κ3) is 2.60. The maximum atomic E-state index is 11.6. The van der Waals surface area contributed by atoms with Crippen LogP contribution in [-0.2, 0) is 19.1 Å². The largest absolute Gasteiger partial charge is 0.386 e. The standard InChI is InChI=1S/C17H10BO6/c1-3-9(6-12-8(2)14(19)23-16(12)21)18-10-4-5-11-13(7-10)17(22)24-15(11)20/h3-7H,2H2,1H3/b9-3+,12-6+. The van der Waals surface area contributed by atoms with Gasteiger partial charge in [-0.2, -0.15) is 0 Å². The Morgan fingerprint density at radius 1 is 1.00 bits per heavy atom. The number of hydrogen-bond acceptors (Lipinski definition) is 6. The van der Waals surface area contributed by atoms with E-state index in [1.165, 1.54) is 18.2 Å². The summed E-state index contributed by atoms with van der Waals surface area (Å²) in [6.07, 6.45) is 3.19. The highest BCUT2D eigenvalue weighted by Gasteiger charge is 2.32. The number of cyclic esters (lactones) is 4. The summed E-state index contributed by atoms with van der Waals surface area (Å²) in [5.74, 6) is -2.87. The predicted molar refractivity (Wildman–Crippen MR) is 83.7 cm³/mol. The number of hydrogen-bond donors (Lipinski definition) is 0. The van der Waals surface area contributed by atoms with Crippen molar-refractivity contribution < 1.29 is 28.7 Å². The van der Waals surface area contributed by atoms with Crippen molar-refractivity contribution in [1.82, 2.24) is 0 Å². The topological polar surface area (TPSA) is 86.7 Å². The second-order valence-electron chi connectivity index (χ2n) is 5.13. The van der Waals surface area contributed by atoms with Gasteiger partial charge in [-0.15, -0.1) is 0 Å². The molecule has 1 saturated heterocycles. The zero-order valence-corrected chi connectivity index (χ0v) is 12.6. The smallest absolute Gasteiger partial charge is 0.346 e. The van der Waals surface area contributed by atoms with E-state index in [2.05, 4.69) is 16.1 Å². The average Bonchev–Trinajstić information content (AvgIpc) is 2.96. The van der Waals surface area contributed by atoms with Gasteiger partial charge in [-0.25, -0.2) is 19.2 Å². The highest BCUT2D eigenvalue weighted by Crippen LogP contribution is 2.22. The Balaban J connectivity index is 1.88. The van der Waals surface area contributed by atoms with E-state index in [4.69, 9.17) is 0 Å². The molecule has 0 amide bonds. The number of esters is 4. The van der Waals surface area contributed by atoms with Gasteiger partial charge in [-0.05, 0) is 13.0 Å². The predicted octanol–water partition coefficient (Wildman–Crippen LogP) is 0.796. The number of fused-ring (bicyclic) bond motifs is 1. The van der Waals surface area contributed by atoms with Crippen LogP contribution in [0.25, 0.3) is 0 Å². The summed E-state index contributed by atoms with van der Waals surface area (Å²) in [6.45, 7) is 5.27. The second-order valence-corrected chi connectivity index (χ2v) is 5.13. The van der Waals surface area contributed by atoms with Crippen molar-refractivity contribution in [2.75, 3.05) is 0 Å². The Hall–Kier alpha value is -3.22. The molecule has 0 spiro atoms. The van der Waals surface area contributed by atoms with Crippen molar-refractivity contribution in [3.05, 3.63) is 64.7 Å². The third-order valence-electron chi connectivity index (χ3n) is 3.62. The molecule has 2 aliphatic heterocycles. The van der Waals surface area contributed by atoms with Crippen molar-refractivity contribution in [3.8, 4) is 0 Å². The van der Waals surface area contributed by atoms with Crippen molar-refractivity contribution in [2.45, 2.75) is 6.92 Å². The fraction of sp³-hybridized carbons (Fsp3) is 0.0588. The van der Waals surface area contributed by atoms with Crippen molar-refractivity contribution in [2.24, 2.45) is 0 Å². The summed E-state index contributed by atoms with van der Waals surface area (Å²) >= 11 is 0. The average molecular weight is 321 g/mol. The van der Waals surface area contributed by atoms with Crippen LogP contribution in [0.3, 0.4) is 0 Å². The Labute approximate surface area is 137 Å². The van der Waals surface area contributed by atoms with Gasteiger partial charge in [0.05, 0.1) is 22.3 Å². The molecule has 1 radical (unpaired) electrons. The van der Waals surface area contributed by atoms with Crippen LogP contribution in [0.5, 0.6) is 0 Å². The molecule has 7 heteroatoms. The number of benzene rings is 1. The minimum absolute atomic E-state index is 0.00382. The van der Waals surface area contributed by atoms with Crippen LogP contribution in [0.2, 0.25) is 0 Å². The lowest BCUT2D eigenvalue weighted by molar-refractivity contribution is -0.149. The van der Waals surface area contributed by atoms with Gasteiger partial charge >= 0.3 is 23.9 Å². The summed E-state index contributed by atoms with van der Waals surface area (Å²) in [4.78, 5) is 46.0. The van der Waals surface area contributed by atoms with Crippen LogP contribution in [0, 0.1) is 0 Å². The maximum absolute atomic E-state index is 11.6. The molecule has 117 valence electrons. The highest BCUT2D eigenvalue weighted by molar-refractivity contribution is 6.62. The van der Waals surface area contributed by atoms with Gasteiger partial charge in [0.25, 0.3) is 0 Å². The number of carbonyl (C=O) groups excluding carboxylic acids is 4. The molecular formula is C17H10BO6. The van der Waals surface area contributed by atoms with Gasteiger partial charge < -0.3 is 9.47 Å². The molecule has 24 heavy (non-hydrogen) atoms. The summed E-state index contributed by atoms with van der Waals surface area (Å²) in [5.41, 5.74) is 1.73. The number of allylic oxidation sites excluding steroid dienone is 3. The van der Waals surface area contributed by atoms with Crippen molar-refractivity contribution in [3.63, 3.8) is 0 Å². The molecule has 2 heterocycles. The lowest BCUT2D eigenvalue weighted by Gasteiger charge is -2.03. The normalized spacial score (nSPS) is 18.8. The lowest BCUT2D eigenvalue weighted by atomic mass is 9.62. The van der Waals surface area contributed by atoms with Gasteiger partial charge in [-0.3, -0.25) is 0 Å². The minimum atomic E-state index is -0.763. The fourth-order valence-corrected chi connectivity index (χ4v) is 2.34. The van der Waals surface area contributed by atoms with E-state index in [0.29, 0.717) is 10.9 Å². The summed E-state index contributed by atoms with van der Waals surface area (Å²) < 4.78 is 9.02. The van der Waals surface area contributed by atoms with E-state index < -0.39 is 23.9 Å². The van der Waals surface area contributed by atoms with Crippen molar-refractivity contribution >= 4 is 36.6 Å². The lowest BCUT2D eigenvalue weighted by Crippen LogP contribution is -2.18. The van der Waals surface area contributed by atoms with E-state index in [9.17, 15) is 19.2 Å². The molecule has 0 aliphatic carbocycles. The molecule has 3 rings (SSSR count). The molecule has 0 N–H and O–H groups in total. The van der Waals surface area contributed by atoms with Crippen LogP contribution in [-0.4, -0.2) is 31.2 Å². The number of ether oxygens (including phenoxy) is 2. The van der Waals surface area contributed by atoms with Gasteiger partial charge in [0.15, 0.2) is 7.28 Å². The Kier molecular flexibility index (Phi) is 3.77. The molecule has 0 saturated carbocycles. The first-order valence-corrected chi connectivity index (χ1v) is 7.00. The van der Waals surface area contributed by atoms with Crippen LogP contribution < -0.4 is 5.46 Å². The Bertz CT molecular complexity index is 890. The zero-order chi connectivity index (χ0) is 17.4. The Morgan fingerprint density at radius 3 is 2.29 bits per heavy atom. The van der Waals surface area contributed by atoms with Crippen LogP contribution >= 0.6 is 0 Å². The second kappa shape index (κ2) is 5.77. The van der Waals surface area contributed by atoms with Gasteiger partial charge in [0.1, 0.15) is 0 Å². The molecule has 6 nitrogen and oxygen atoms in total. The van der Waals surface area contributed by atoms with Gasteiger partial charge in [0.2, 0.25) is 0 Å². The van der Waals surface area contributed by atoms with Crippen molar-refractivity contribution in [1.29, 1.82) is 0 Å². The number of rotatable bonds is 3. The minimum Gasteiger partial charge on any atom is -0.386 e. The first-order chi connectivity index (χ1) is 11.4. The first-order valence-electron chi connectivity index (χ1n) is 7.00. The summed E-state index contributed by atoms with van der Waals surface area (Å²) in [7, 11) is 1.69.